The first-order valence-electron chi connectivity index (χ1n) is 6.77. The van der Waals surface area contributed by atoms with Crippen LogP contribution in [0.5, 0.6) is 0 Å². The third-order valence-corrected chi connectivity index (χ3v) is 4.58. The number of aliphatic hydroxyl groups is 1. The van der Waals surface area contributed by atoms with Gasteiger partial charge in [-0.2, -0.15) is 0 Å². The third-order valence-electron chi connectivity index (χ3n) is 4.19. The molecule has 0 aromatic carbocycles. The molecule has 0 spiro atoms. The highest BCUT2D eigenvalue weighted by atomic mass is 32.1. The number of carbonyl (C=O) groups is 1. The highest BCUT2D eigenvalue weighted by Crippen LogP contribution is 2.35. The van der Waals surface area contributed by atoms with Crippen molar-refractivity contribution in [1.82, 2.24) is 4.90 Å². The number of hydrogen-bond acceptors (Lipinski definition) is 4. The molecule has 0 aromatic rings. The lowest BCUT2D eigenvalue weighted by Gasteiger charge is -2.43. The first-order chi connectivity index (χ1) is 8.87. The molecule has 0 saturated carbocycles. The molecule has 108 valence electrons. The summed E-state index contributed by atoms with van der Waals surface area (Å²) in [5.74, 6) is -0.0386. The van der Waals surface area contributed by atoms with Crippen LogP contribution in [0.15, 0.2) is 0 Å². The maximum atomic E-state index is 12.8. The van der Waals surface area contributed by atoms with Gasteiger partial charge in [-0.05, 0) is 32.6 Å². The minimum atomic E-state index is -0.809. The molecule has 1 amide bonds. The predicted octanol–water partition coefficient (Wildman–Crippen LogP) is 0.443. The largest absolute Gasteiger partial charge is 0.392 e. The Morgan fingerprint density at radius 3 is 2.53 bits per heavy atom. The summed E-state index contributed by atoms with van der Waals surface area (Å²) >= 11 is 5.14. The Kier molecular flexibility index (Phi) is 4.13. The monoisotopic (exact) mass is 286 g/mol. The molecule has 2 rings (SSSR count). The molecular formula is C13H22N2O3S. The molecule has 2 aliphatic heterocycles. The second-order valence-electron chi connectivity index (χ2n) is 5.89. The molecule has 0 aromatic heterocycles. The summed E-state index contributed by atoms with van der Waals surface area (Å²) in [4.78, 5) is 14.8. The lowest BCUT2D eigenvalue weighted by Crippen LogP contribution is -2.57. The number of nitrogens with two attached hydrogens (primary N) is 1. The van der Waals surface area contributed by atoms with Crippen LogP contribution in [-0.4, -0.2) is 52.8 Å². The van der Waals surface area contributed by atoms with Crippen molar-refractivity contribution in [2.45, 2.75) is 38.2 Å². The summed E-state index contributed by atoms with van der Waals surface area (Å²) < 4.78 is 5.32. The highest BCUT2D eigenvalue weighted by molar-refractivity contribution is 7.80. The number of thiocarbonyl (C=S) groups is 1. The quantitative estimate of drug-likeness (QED) is 0.721. The van der Waals surface area contributed by atoms with Crippen LogP contribution in [0, 0.1) is 5.41 Å². The molecule has 3 N–H and O–H groups in total. The van der Waals surface area contributed by atoms with Gasteiger partial charge in [0, 0.05) is 26.3 Å². The van der Waals surface area contributed by atoms with Gasteiger partial charge >= 0.3 is 0 Å². The van der Waals surface area contributed by atoms with Gasteiger partial charge in [-0.25, -0.2) is 0 Å². The lowest BCUT2D eigenvalue weighted by atomic mass is 9.78. The number of hydrogen-bond donors (Lipinski definition) is 2. The van der Waals surface area contributed by atoms with Crippen LogP contribution in [0.3, 0.4) is 0 Å². The number of likely N-dealkylation sites (tertiary alicyclic amines) is 1. The zero-order chi connectivity index (χ0) is 14.1. The van der Waals surface area contributed by atoms with E-state index < -0.39 is 11.0 Å². The number of carbonyl (C=O) groups excluding carboxylic acids is 1. The summed E-state index contributed by atoms with van der Waals surface area (Å²) in [5.41, 5.74) is 4.26. The molecule has 1 unspecified atom stereocenters. The van der Waals surface area contributed by atoms with E-state index >= 15 is 0 Å². The molecule has 2 heterocycles. The molecule has 5 nitrogen and oxygen atoms in total. The van der Waals surface area contributed by atoms with Crippen LogP contribution >= 0.6 is 12.2 Å². The number of nitrogens with zero attached hydrogens (tertiary/aromatic N) is 1. The van der Waals surface area contributed by atoms with Crippen LogP contribution in [0.2, 0.25) is 0 Å². The number of ether oxygens (including phenoxy) is 1. The van der Waals surface area contributed by atoms with Crippen molar-refractivity contribution < 1.29 is 14.6 Å². The predicted molar refractivity (Wildman–Crippen MR) is 75.7 cm³/mol. The minimum Gasteiger partial charge on any atom is -0.392 e. The Labute approximate surface area is 119 Å². The first kappa shape index (κ1) is 14.7. The van der Waals surface area contributed by atoms with Crippen molar-refractivity contribution >= 4 is 23.1 Å². The Hall–Kier alpha value is -0.720. The number of piperidine rings is 1. The van der Waals surface area contributed by atoms with E-state index in [1.54, 1.807) is 11.8 Å². The fourth-order valence-corrected chi connectivity index (χ4v) is 3.27. The van der Waals surface area contributed by atoms with Gasteiger partial charge in [-0.1, -0.05) is 12.2 Å². The van der Waals surface area contributed by atoms with Crippen LogP contribution < -0.4 is 5.73 Å². The molecule has 6 heteroatoms. The highest BCUT2D eigenvalue weighted by Gasteiger charge is 2.46. The van der Waals surface area contributed by atoms with Gasteiger partial charge in [0.1, 0.15) is 5.41 Å². The van der Waals surface area contributed by atoms with E-state index in [2.05, 4.69) is 0 Å². The van der Waals surface area contributed by atoms with Gasteiger partial charge < -0.3 is 20.5 Å². The molecular weight excluding hydrogens is 264 g/mol. The smallest absolute Gasteiger partial charge is 0.235 e. The lowest BCUT2D eigenvalue weighted by molar-refractivity contribution is -0.148. The summed E-state index contributed by atoms with van der Waals surface area (Å²) in [6.07, 6.45) is 2.61. The Bertz CT molecular complexity index is 378. The van der Waals surface area contributed by atoms with Crippen molar-refractivity contribution in [3.8, 4) is 0 Å². The van der Waals surface area contributed by atoms with Crippen molar-refractivity contribution in [3.05, 3.63) is 0 Å². The minimum absolute atomic E-state index is 0.0386. The van der Waals surface area contributed by atoms with Gasteiger partial charge in [0.15, 0.2) is 0 Å². The fraction of sp³-hybridized carbons (Fsp3) is 0.846. The first-order valence-corrected chi connectivity index (χ1v) is 7.18. The summed E-state index contributed by atoms with van der Waals surface area (Å²) in [5, 5.41) is 10.1. The van der Waals surface area contributed by atoms with E-state index in [4.69, 9.17) is 22.7 Å². The van der Waals surface area contributed by atoms with Gasteiger partial charge in [0.05, 0.1) is 10.6 Å². The van der Waals surface area contributed by atoms with Gasteiger partial charge in [0.25, 0.3) is 0 Å². The molecule has 0 aliphatic carbocycles. The van der Waals surface area contributed by atoms with Crippen molar-refractivity contribution in [1.29, 1.82) is 0 Å². The van der Waals surface area contributed by atoms with Crippen LogP contribution in [0.25, 0.3) is 0 Å². The molecule has 1 atom stereocenters. The zero-order valence-corrected chi connectivity index (χ0v) is 12.2. The summed E-state index contributed by atoms with van der Waals surface area (Å²) in [7, 11) is 0. The molecule has 0 radical (unpaired) electrons. The van der Waals surface area contributed by atoms with Crippen molar-refractivity contribution in [2.24, 2.45) is 11.1 Å². The van der Waals surface area contributed by atoms with Crippen LogP contribution in [0.4, 0.5) is 0 Å². The van der Waals surface area contributed by atoms with E-state index in [9.17, 15) is 9.90 Å². The standard InChI is InChI=1S/C13H22N2O3S/c1-12(17)3-2-6-15(9-12)11(16)13(10(14)19)4-7-18-8-5-13/h17H,2-9H2,1H3,(H2,14,19). The molecule has 19 heavy (non-hydrogen) atoms. The average Bonchev–Trinajstić information content (AvgIpc) is 2.37. The van der Waals surface area contributed by atoms with E-state index in [1.807, 2.05) is 0 Å². The maximum absolute atomic E-state index is 12.8. The Balaban J connectivity index is 2.18. The third kappa shape index (κ3) is 2.90. The van der Waals surface area contributed by atoms with Crippen LogP contribution in [-0.2, 0) is 9.53 Å². The van der Waals surface area contributed by atoms with Gasteiger partial charge in [-0.15, -0.1) is 0 Å². The second-order valence-corrected chi connectivity index (χ2v) is 6.33. The Morgan fingerprint density at radius 2 is 2.00 bits per heavy atom. The van der Waals surface area contributed by atoms with E-state index in [1.165, 1.54) is 0 Å². The average molecular weight is 286 g/mol. The zero-order valence-electron chi connectivity index (χ0n) is 11.4. The van der Waals surface area contributed by atoms with Gasteiger partial charge in [0.2, 0.25) is 5.91 Å². The van der Waals surface area contributed by atoms with E-state index in [0.717, 1.165) is 12.8 Å². The summed E-state index contributed by atoms with van der Waals surface area (Å²) in [6, 6.07) is 0. The fourth-order valence-electron chi connectivity index (χ4n) is 2.98. The maximum Gasteiger partial charge on any atom is 0.235 e. The van der Waals surface area contributed by atoms with Crippen molar-refractivity contribution in [2.75, 3.05) is 26.3 Å². The number of amides is 1. The van der Waals surface area contributed by atoms with E-state index in [0.29, 0.717) is 39.1 Å². The van der Waals surface area contributed by atoms with Crippen LogP contribution in [0.1, 0.15) is 32.6 Å². The number of rotatable bonds is 2. The molecule has 2 aliphatic rings. The SMILES string of the molecule is CC1(O)CCCN(C(=O)C2(C(N)=S)CCOCC2)C1. The normalized spacial score (nSPS) is 30.9. The molecule has 2 saturated heterocycles. The molecule has 0 bridgehead atoms. The second kappa shape index (κ2) is 5.34. The Morgan fingerprint density at radius 1 is 1.37 bits per heavy atom. The van der Waals surface area contributed by atoms with E-state index in [-0.39, 0.29) is 10.9 Å². The molecule has 2 fully saturated rings. The number of β-amino-alcohol motifs (C(OH)–C–C–N with tert-alkyl or cyclic N) is 1. The van der Waals surface area contributed by atoms with Crippen molar-refractivity contribution in [3.63, 3.8) is 0 Å². The van der Waals surface area contributed by atoms with Gasteiger partial charge in [-0.3, -0.25) is 4.79 Å². The topological polar surface area (TPSA) is 75.8 Å². The summed E-state index contributed by atoms with van der Waals surface area (Å²) in [6.45, 7) is 3.81.